The smallest absolute Gasteiger partial charge is 0.408 e. The predicted octanol–water partition coefficient (Wildman–Crippen LogP) is 0.877. The van der Waals surface area contributed by atoms with E-state index >= 15 is 0 Å². The summed E-state index contributed by atoms with van der Waals surface area (Å²) < 4.78 is 32.7. The summed E-state index contributed by atoms with van der Waals surface area (Å²) in [5.74, 6) is -0.832. The summed E-state index contributed by atoms with van der Waals surface area (Å²) in [5.41, 5.74) is -0.680. The summed E-state index contributed by atoms with van der Waals surface area (Å²) in [7, 11) is -1.81. The molecule has 1 aliphatic heterocycles. The van der Waals surface area contributed by atoms with Crippen LogP contribution in [-0.2, 0) is 24.1 Å². The lowest BCUT2D eigenvalue weighted by Crippen LogP contribution is -2.50. The summed E-state index contributed by atoms with van der Waals surface area (Å²) >= 11 is 0. The molecule has 0 spiro atoms. The Hall–Kier alpha value is -1.31. The third-order valence-corrected chi connectivity index (χ3v) is 4.91. The predicted molar refractivity (Wildman–Crippen MR) is 76.6 cm³/mol. The molecule has 0 bridgehead atoms. The van der Waals surface area contributed by atoms with Crippen molar-refractivity contribution in [2.45, 2.75) is 45.3 Å². The lowest BCUT2D eigenvalue weighted by Gasteiger charge is -2.29. The fourth-order valence-corrected chi connectivity index (χ4v) is 3.70. The number of alkyl carbamates (subject to hydrolysis) is 1. The number of nitrogens with one attached hydrogen (secondary N) is 1. The topological polar surface area (TPSA) is 98.8 Å². The van der Waals surface area contributed by atoms with Crippen LogP contribution < -0.4 is 5.32 Å². The number of ether oxygens (including phenoxy) is 2. The molecule has 21 heavy (non-hydrogen) atoms. The van der Waals surface area contributed by atoms with E-state index in [1.165, 1.54) is 7.11 Å². The van der Waals surface area contributed by atoms with Gasteiger partial charge in [0.05, 0.1) is 18.6 Å². The average Bonchev–Trinajstić information content (AvgIpc) is 2.33. The summed E-state index contributed by atoms with van der Waals surface area (Å²) in [6, 6.07) is -0.889. The fraction of sp³-hybridized carbons (Fsp3) is 0.846. The Morgan fingerprint density at radius 2 is 1.71 bits per heavy atom. The molecular weight excluding hydrogens is 298 g/mol. The third-order valence-electron chi connectivity index (χ3n) is 3.20. The lowest BCUT2D eigenvalue weighted by atomic mass is 9.94. The second-order valence-electron chi connectivity index (χ2n) is 6.14. The standard InChI is InChI=1S/C13H23NO6S/c1-13(2,3)20-12(16)14-10(11(15)19-4)9-5-7-21(17,18)8-6-9/h9-10H,5-8H2,1-4H3,(H,14,16)/t10-/m1/s1. The molecule has 1 fully saturated rings. The maximum atomic E-state index is 11.8. The minimum Gasteiger partial charge on any atom is -0.467 e. The second-order valence-corrected chi connectivity index (χ2v) is 8.44. The molecule has 0 aromatic carbocycles. The maximum Gasteiger partial charge on any atom is 0.408 e. The van der Waals surface area contributed by atoms with E-state index in [9.17, 15) is 18.0 Å². The summed E-state index contributed by atoms with van der Waals surface area (Å²) in [4.78, 5) is 23.6. The van der Waals surface area contributed by atoms with E-state index in [0.717, 1.165) is 0 Å². The van der Waals surface area contributed by atoms with Crippen molar-refractivity contribution >= 4 is 21.9 Å². The molecule has 1 amide bonds. The van der Waals surface area contributed by atoms with Crippen LogP contribution >= 0.6 is 0 Å². The van der Waals surface area contributed by atoms with Crippen LogP contribution in [0.3, 0.4) is 0 Å². The molecule has 1 saturated heterocycles. The third kappa shape index (κ3) is 5.91. The van der Waals surface area contributed by atoms with E-state index in [-0.39, 0.29) is 17.4 Å². The molecule has 0 unspecified atom stereocenters. The monoisotopic (exact) mass is 321 g/mol. The number of esters is 1. The van der Waals surface area contributed by atoms with Crippen LogP contribution in [0.1, 0.15) is 33.6 Å². The Labute approximate surface area is 125 Å². The van der Waals surface area contributed by atoms with Gasteiger partial charge in [-0.05, 0) is 39.5 Å². The molecule has 1 aliphatic rings. The maximum absolute atomic E-state index is 11.8. The highest BCUT2D eigenvalue weighted by molar-refractivity contribution is 7.91. The Morgan fingerprint density at radius 1 is 1.19 bits per heavy atom. The molecule has 122 valence electrons. The number of carbonyl (C=O) groups excluding carboxylic acids is 2. The van der Waals surface area contributed by atoms with Gasteiger partial charge in [0.2, 0.25) is 0 Å². The Kier molecular flexibility index (Phi) is 5.61. The van der Waals surface area contributed by atoms with Gasteiger partial charge in [0.25, 0.3) is 0 Å². The van der Waals surface area contributed by atoms with Crippen molar-refractivity contribution in [2.24, 2.45) is 5.92 Å². The first-order valence-corrected chi connectivity index (χ1v) is 8.64. The van der Waals surface area contributed by atoms with Gasteiger partial charge in [-0.3, -0.25) is 0 Å². The van der Waals surface area contributed by atoms with Crippen molar-refractivity contribution in [1.82, 2.24) is 5.32 Å². The van der Waals surface area contributed by atoms with E-state index < -0.39 is 33.5 Å². The van der Waals surface area contributed by atoms with Gasteiger partial charge in [-0.15, -0.1) is 0 Å². The molecule has 8 heteroatoms. The molecule has 0 radical (unpaired) electrons. The van der Waals surface area contributed by atoms with Crippen LogP contribution in [0.15, 0.2) is 0 Å². The Balaban J connectivity index is 2.73. The van der Waals surface area contributed by atoms with Crippen molar-refractivity contribution < 1.29 is 27.5 Å². The van der Waals surface area contributed by atoms with Crippen LogP contribution in [0, 0.1) is 5.92 Å². The first-order chi connectivity index (χ1) is 9.54. The lowest BCUT2D eigenvalue weighted by molar-refractivity contribution is -0.144. The zero-order valence-electron chi connectivity index (χ0n) is 12.8. The molecule has 1 rings (SSSR count). The van der Waals surface area contributed by atoms with Crippen molar-refractivity contribution in [2.75, 3.05) is 18.6 Å². The number of rotatable bonds is 3. The first kappa shape index (κ1) is 17.7. The molecule has 1 N–H and O–H groups in total. The van der Waals surface area contributed by atoms with E-state index in [0.29, 0.717) is 12.8 Å². The van der Waals surface area contributed by atoms with Gasteiger partial charge < -0.3 is 14.8 Å². The second kappa shape index (κ2) is 6.64. The van der Waals surface area contributed by atoms with Crippen molar-refractivity contribution in [3.8, 4) is 0 Å². The van der Waals surface area contributed by atoms with Gasteiger partial charge in [0, 0.05) is 0 Å². The van der Waals surface area contributed by atoms with Gasteiger partial charge in [0.1, 0.15) is 21.5 Å². The van der Waals surface area contributed by atoms with Crippen LogP contribution in [0.2, 0.25) is 0 Å². The van der Waals surface area contributed by atoms with Crippen LogP contribution in [0.5, 0.6) is 0 Å². The van der Waals surface area contributed by atoms with Crippen molar-refractivity contribution in [3.63, 3.8) is 0 Å². The van der Waals surface area contributed by atoms with Gasteiger partial charge in [-0.25, -0.2) is 18.0 Å². The minimum absolute atomic E-state index is 0.0150. The van der Waals surface area contributed by atoms with E-state index in [2.05, 4.69) is 10.1 Å². The number of carbonyl (C=O) groups is 2. The SMILES string of the molecule is COC(=O)[C@H](NC(=O)OC(C)(C)C)C1CCS(=O)(=O)CC1. The number of methoxy groups -OCH3 is 1. The van der Waals surface area contributed by atoms with Gasteiger partial charge in [-0.2, -0.15) is 0 Å². The first-order valence-electron chi connectivity index (χ1n) is 6.82. The molecule has 0 aromatic rings. The highest BCUT2D eigenvalue weighted by atomic mass is 32.2. The fourth-order valence-electron chi connectivity index (χ4n) is 2.17. The van der Waals surface area contributed by atoms with Crippen LogP contribution in [0.4, 0.5) is 4.79 Å². The van der Waals surface area contributed by atoms with E-state index in [4.69, 9.17) is 4.74 Å². The quantitative estimate of drug-likeness (QED) is 0.775. The molecule has 1 atom stereocenters. The van der Waals surface area contributed by atoms with E-state index in [1.807, 2.05) is 0 Å². The number of amides is 1. The van der Waals surface area contributed by atoms with Crippen LogP contribution in [0.25, 0.3) is 0 Å². The zero-order chi connectivity index (χ0) is 16.3. The van der Waals surface area contributed by atoms with Gasteiger partial charge >= 0.3 is 12.1 Å². The molecule has 0 aliphatic carbocycles. The van der Waals surface area contributed by atoms with Crippen molar-refractivity contribution in [1.29, 1.82) is 0 Å². The highest BCUT2D eigenvalue weighted by Gasteiger charge is 2.36. The minimum atomic E-state index is -3.03. The molecular formula is C13H23NO6S. The Bertz CT molecular complexity index is 479. The molecule has 0 aromatic heterocycles. The number of sulfone groups is 1. The summed E-state index contributed by atoms with van der Waals surface area (Å²) in [5, 5.41) is 2.49. The molecule has 1 heterocycles. The average molecular weight is 321 g/mol. The van der Waals surface area contributed by atoms with Gasteiger partial charge in [0.15, 0.2) is 0 Å². The molecule has 0 saturated carbocycles. The largest absolute Gasteiger partial charge is 0.467 e. The normalized spacial score (nSPS) is 20.4. The highest BCUT2D eigenvalue weighted by Crippen LogP contribution is 2.23. The van der Waals surface area contributed by atoms with Gasteiger partial charge in [-0.1, -0.05) is 0 Å². The van der Waals surface area contributed by atoms with E-state index in [1.54, 1.807) is 20.8 Å². The summed E-state index contributed by atoms with van der Waals surface area (Å²) in [6.07, 6.45) is -0.0816. The van der Waals surface area contributed by atoms with Crippen LogP contribution in [-0.4, -0.2) is 50.7 Å². The number of hydrogen-bond acceptors (Lipinski definition) is 6. The number of hydrogen-bond donors (Lipinski definition) is 1. The summed E-state index contributed by atoms with van der Waals surface area (Å²) in [6.45, 7) is 5.15. The zero-order valence-corrected chi connectivity index (χ0v) is 13.7. The van der Waals surface area contributed by atoms with Crippen molar-refractivity contribution in [3.05, 3.63) is 0 Å². The Morgan fingerprint density at radius 3 is 2.14 bits per heavy atom. The molecule has 7 nitrogen and oxygen atoms in total.